The number of carbonyl (C=O) groups excluding carboxylic acids is 1. The lowest BCUT2D eigenvalue weighted by Crippen LogP contribution is -2.43. The number of carbonyl (C=O) groups is 1. The maximum atomic E-state index is 14.4. The molecule has 1 aliphatic rings. The van der Waals surface area contributed by atoms with Gasteiger partial charge in [-0.1, -0.05) is 17.7 Å². The molecule has 1 fully saturated rings. The van der Waals surface area contributed by atoms with Crippen molar-refractivity contribution in [2.45, 2.75) is 32.4 Å². The predicted molar refractivity (Wildman–Crippen MR) is 123 cm³/mol. The molecular weight excluding hydrogens is 473 g/mol. The summed E-state index contributed by atoms with van der Waals surface area (Å²) in [5, 5.41) is 2.98. The van der Waals surface area contributed by atoms with Crippen LogP contribution >= 0.6 is 11.6 Å². The number of benzene rings is 2. The number of hydrogen-bond acceptors (Lipinski definition) is 6. The van der Waals surface area contributed by atoms with Crippen molar-refractivity contribution in [3.05, 3.63) is 63.2 Å². The van der Waals surface area contributed by atoms with Crippen LogP contribution in [0.15, 0.2) is 45.6 Å². The number of fused-ring (bicyclic) bond motifs is 1. The molecule has 7 nitrogen and oxygen atoms in total. The van der Waals surface area contributed by atoms with Crippen LogP contribution in [0.1, 0.15) is 19.1 Å². The zero-order valence-corrected chi connectivity index (χ0v) is 19.4. The third-order valence-corrected chi connectivity index (χ3v) is 7.60. The smallest absolute Gasteiger partial charge is 0.261 e. The van der Waals surface area contributed by atoms with Crippen LogP contribution in [-0.4, -0.2) is 38.0 Å². The Morgan fingerprint density at radius 1 is 1.27 bits per heavy atom. The Labute approximate surface area is 194 Å². The van der Waals surface area contributed by atoms with Gasteiger partial charge in [0.15, 0.2) is 15.9 Å². The number of amides is 1. The number of hydrogen-bond donors (Lipinski definition) is 1. The molecule has 33 heavy (non-hydrogen) atoms. The van der Waals surface area contributed by atoms with Gasteiger partial charge in [-0.2, -0.15) is 0 Å². The predicted octanol–water partition coefficient (Wildman–Crippen LogP) is 3.63. The number of nitrogens with one attached hydrogen (secondary N) is 1. The maximum absolute atomic E-state index is 14.4. The van der Waals surface area contributed by atoms with Gasteiger partial charge in [0.25, 0.3) is 5.91 Å². The molecule has 4 rings (SSSR count). The average Bonchev–Trinajstić information content (AvgIpc) is 3.08. The van der Waals surface area contributed by atoms with Crippen molar-refractivity contribution in [2.75, 3.05) is 11.5 Å². The number of sulfone groups is 1. The first kappa shape index (κ1) is 23.3. The van der Waals surface area contributed by atoms with Crippen LogP contribution in [0.5, 0.6) is 5.75 Å². The van der Waals surface area contributed by atoms with Crippen LogP contribution in [0.3, 0.4) is 0 Å². The summed E-state index contributed by atoms with van der Waals surface area (Å²) in [5.41, 5.74) is -0.216. The molecule has 0 unspecified atom stereocenters. The van der Waals surface area contributed by atoms with E-state index < -0.39 is 39.1 Å². The Kier molecular flexibility index (Phi) is 6.20. The van der Waals surface area contributed by atoms with Crippen LogP contribution in [0.25, 0.3) is 22.1 Å². The van der Waals surface area contributed by atoms with E-state index in [-0.39, 0.29) is 50.1 Å². The zero-order valence-electron chi connectivity index (χ0n) is 17.9. The monoisotopic (exact) mass is 493 g/mol. The van der Waals surface area contributed by atoms with Crippen molar-refractivity contribution in [1.82, 2.24) is 5.32 Å². The van der Waals surface area contributed by atoms with Crippen molar-refractivity contribution in [3.63, 3.8) is 0 Å². The van der Waals surface area contributed by atoms with Crippen LogP contribution in [-0.2, 0) is 14.6 Å². The van der Waals surface area contributed by atoms with E-state index in [2.05, 4.69) is 5.32 Å². The van der Waals surface area contributed by atoms with Crippen molar-refractivity contribution < 1.29 is 26.8 Å². The van der Waals surface area contributed by atoms with Gasteiger partial charge < -0.3 is 14.5 Å². The Balaban J connectivity index is 1.59. The first-order chi connectivity index (χ1) is 15.6. The van der Waals surface area contributed by atoms with E-state index in [0.29, 0.717) is 6.42 Å². The van der Waals surface area contributed by atoms with Gasteiger partial charge in [0.2, 0.25) is 5.43 Å². The van der Waals surface area contributed by atoms with E-state index >= 15 is 0 Å². The first-order valence-corrected chi connectivity index (χ1v) is 12.4. The molecule has 2 atom stereocenters. The first-order valence-electron chi connectivity index (χ1n) is 10.2. The minimum absolute atomic E-state index is 0.0214. The summed E-state index contributed by atoms with van der Waals surface area (Å²) in [6, 6.07) is 8.18. The van der Waals surface area contributed by atoms with Crippen molar-refractivity contribution in [3.8, 4) is 16.9 Å². The third-order valence-electron chi connectivity index (χ3n) is 5.51. The van der Waals surface area contributed by atoms with Gasteiger partial charge in [-0.25, -0.2) is 12.8 Å². The molecule has 10 heteroatoms. The molecule has 0 spiro atoms. The fourth-order valence-electron chi connectivity index (χ4n) is 3.87. The molecule has 174 valence electrons. The Bertz CT molecular complexity index is 1400. The zero-order chi connectivity index (χ0) is 23.9. The lowest BCUT2D eigenvalue weighted by Gasteiger charge is -2.17. The van der Waals surface area contributed by atoms with Crippen LogP contribution in [0.4, 0.5) is 4.39 Å². The summed E-state index contributed by atoms with van der Waals surface area (Å²) in [6.07, 6.45) is -0.537. The minimum Gasteiger partial charge on any atom is -0.481 e. The lowest BCUT2D eigenvalue weighted by atomic mass is 10.0. The molecule has 0 bridgehead atoms. The second-order valence-electron chi connectivity index (χ2n) is 7.99. The lowest BCUT2D eigenvalue weighted by molar-refractivity contribution is -0.127. The number of rotatable bonds is 5. The number of ether oxygens (including phenoxy) is 1. The molecule has 3 aromatic rings. The third kappa shape index (κ3) is 4.74. The van der Waals surface area contributed by atoms with E-state index in [1.807, 2.05) is 0 Å². The topological polar surface area (TPSA) is 103 Å². The number of aryl methyl sites for hydroxylation is 1. The highest BCUT2D eigenvalue weighted by Crippen LogP contribution is 2.33. The van der Waals surface area contributed by atoms with Crippen molar-refractivity contribution in [1.29, 1.82) is 0 Å². The van der Waals surface area contributed by atoms with E-state index in [1.54, 1.807) is 0 Å². The largest absolute Gasteiger partial charge is 0.481 e. The standard InChI is InChI=1S/C23H21ClFNO6S/c1-12-20(21-17(24)4-3-5-18(21)25)22(27)16-7-6-15(10-19(16)32-12)31-13(2)23(28)26-14-8-9-33(29,30)11-14/h3-7,10,13-14H,8-9,11H2,1-2H3,(H,26,28)/t13-,14-/m1/s1. The molecule has 1 aromatic heterocycles. The fourth-order valence-corrected chi connectivity index (χ4v) is 5.80. The van der Waals surface area contributed by atoms with E-state index in [9.17, 15) is 22.4 Å². The van der Waals surface area contributed by atoms with Crippen molar-refractivity contribution >= 4 is 38.3 Å². The second-order valence-corrected chi connectivity index (χ2v) is 10.6. The molecule has 2 aromatic carbocycles. The van der Waals surface area contributed by atoms with Gasteiger partial charge in [0.05, 0.1) is 27.5 Å². The van der Waals surface area contributed by atoms with Gasteiger partial charge >= 0.3 is 0 Å². The van der Waals surface area contributed by atoms with Gasteiger partial charge in [0.1, 0.15) is 22.9 Å². The quantitative estimate of drug-likeness (QED) is 0.582. The summed E-state index contributed by atoms with van der Waals surface area (Å²) in [7, 11) is -3.12. The van der Waals surface area contributed by atoms with Gasteiger partial charge in [0, 0.05) is 17.7 Å². The highest BCUT2D eigenvalue weighted by Gasteiger charge is 2.30. The second kappa shape index (κ2) is 8.79. The Morgan fingerprint density at radius 2 is 2.03 bits per heavy atom. The maximum Gasteiger partial charge on any atom is 0.261 e. The normalized spacial score (nSPS) is 18.2. The van der Waals surface area contributed by atoms with Gasteiger partial charge in [-0.3, -0.25) is 9.59 Å². The van der Waals surface area contributed by atoms with E-state index in [0.717, 1.165) is 0 Å². The molecule has 1 aliphatic heterocycles. The fraction of sp³-hybridized carbons (Fsp3) is 0.304. The molecule has 2 heterocycles. The summed E-state index contributed by atoms with van der Waals surface area (Å²) < 4.78 is 49.0. The summed E-state index contributed by atoms with van der Waals surface area (Å²) in [4.78, 5) is 25.5. The Hall–Kier alpha value is -2.91. The molecular formula is C23H21ClFNO6S. The summed E-state index contributed by atoms with van der Waals surface area (Å²) >= 11 is 6.14. The molecule has 0 saturated carbocycles. The van der Waals surface area contributed by atoms with Crippen LogP contribution in [0.2, 0.25) is 5.02 Å². The Morgan fingerprint density at radius 3 is 2.70 bits per heavy atom. The van der Waals surface area contributed by atoms with Gasteiger partial charge in [-0.15, -0.1) is 0 Å². The molecule has 0 radical (unpaired) electrons. The summed E-state index contributed by atoms with van der Waals surface area (Å²) in [6.45, 7) is 3.08. The molecule has 1 N–H and O–H groups in total. The van der Waals surface area contributed by atoms with Crippen molar-refractivity contribution in [2.24, 2.45) is 0 Å². The SMILES string of the molecule is Cc1oc2cc(O[C@H](C)C(=O)N[C@@H]3CCS(=O)(=O)C3)ccc2c(=O)c1-c1c(F)cccc1Cl. The molecule has 1 saturated heterocycles. The van der Waals surface area contributed by atoms with Gasteiger partial charge in [-0.05, 0) is 44.5 Å². The van der Waals surface area contributed by atoms with E-state index in [4.69, 9.17) is 20.8 Å². The van der Waals surface area contributed by atoms with Crippen LogP contribution < -0.4 is 15.5 Å². The summed E-state index contributed by atoms with van der Waals surface area (Å²) in [5.74, 6) is -0.643. The molecule has 0 aliphatic carbocycles. The number of halogens is 2. The van der Waals surface area contributed by atoms with E-state index in [1.165, 1.54) is 50.2 Å². The van der Waals surface area contributed by atoms with Crippen LogP contribution in [0, 0.1) is 12.7 Å². The highest BCUT2D eigenvalue weighted by atomic mass is 35.5. The minimum atomic E-state index is -3.12. The average molecular weight is 494 g/mol. The molecule has 1 amide bonds. The highest BCUT2D eigenvalue weighted by molar-refractivity contribution is 7.91.